The van der Waals surface area contributed by atoms with Gasteiger partial charge in [-0.05, 0) is 25.0 Å². The van der Waals surface area contributed by atoms with Crippen LogP contribution < -0.4 is 15.2 Å². The number of nitrogens with two attached hydrogens (primary N) is 1. The zero-order chi connectivity index (χ0) is 24.4. The molecule has 0 saturated carbocycles. The second kappa shape index (κ2) is 7.72. The molecular weight excluding hydrogens is 470 g/mol. The van der Waals surface area contributed by atoms with Gasteiger partial charge in [-0.25, -0.2) is 18.7 Å². The minimum atomic E-state index is -3.20. The molecule has 0 spiro atoms. The maximum absolute atomic E-state index is 15.1. The normalized spacial score (nSPS) is 19.2. The molecule has 2 aliphatic rings. The van der Waals surface area contributed by atoms with Crippen molar-refractivity contribution in [2.75, 3.05) is 12.3 Å². The molecular formula is C23H17F4N5O3. The van der Waals surface area contributed by atoms with Gasteiger partial charge < -0.3 is 20.1 Å². The lowest BCUT2D eigenvalue weighted by Crippen LogP contribution is -2.44. The van der Waals surface area contributed by atoms with Crippen LogP contribution in [0.5, 0.6) is 11.5 Å². The third-order valence-corrected chi connectivity index (χ3v) is 6.41. The molecule has 2 aromatic heterocycles. The number of alkyl halides is 2. The van der Waals surface area contributed by atoms with E-state index in [2.05, 4.69) is 14.7 Å². The van der Waals surface area contributed by atoms with Crippen molar-refractivity contribution in [3.8, 4) is 11.5 Å². The molecule has 1 unspecified atom stereocenters. The fourth-order valence-electron chi connectivity index (χ4n) is 4.93. The number of nitrogen functional groups attached to an aromatic ring is 1. The van der Waals surface area contributed by atoms with Crippen LogP contribution in [0.1, 0.15) is 34.8 Å². The molecule has 2 N–H and O–H groups in total. The maximum Gasteiger partial charge on any atom is 0.387 e. The van der Waals surface area contributed by atoms with Crippen molar-refractivity contribution in [3.63, 3.8) is 0 Å². The SMILES string of the molecule is Nc1nc2cc(F)c(C(=O)N3CCC[C@@H]4Oc5cc(OC(F)F)c(F)cc5C43)cc2n2cncc12. The van der Waals surface area contributed by atoms with E-state index in [0.717, 1.165) is 18.2 Å². The van der Waals surface area contributed by atoms with E-state index in [9.17, 15) is 18.0 Å². The molecule has 1 saturated heterocycles. The van der Waals surface area contributed by atoms with E-state index < -0.39 is 42.0 Å². The van der Waals surface area contributed by atoms with Crippen LogP contribution in [0.25, 0.3) is 16.6 Å². The van der Waals surface area contributed by atoms with Crippen molar-refractivity contribution >= 4 is 28.3 Å². The predicted octanol–water partition coefficient (Wildman–Crippen LogP) is 4.08. The van der Waals surface area contributed by atoms with Gasteiger partial charge in [-0.15, -0.1) is 0 Å². The van der Waals surface area contributed by atoms with E-state index in [4.69, 9.17) is 10.5 Å². The molecule has 35 heavy (non-hydrogen) atoms. The van der Waals surface area contributed by atoms with Gasteiger partial charge in [0.15, 0.2) is 11.6 Å². The molecule has 4 heterocycles. The van der Waals surface area contributed by atoms with Crippen LogP contribution >= 0.6 is 0 Å². The fraction of sp³-hybridized carbons (Fsp3) is 0.261. The second-order valence-electron chi connectivity index (χ2n) is 8.41. The highest BCUT2D eigenvalue weighted by Crippen LogP contribution is 2.47. The predicted molar refractivity (Wildman–Crippen MR) is 115 cm³/mol. The van der Waals surface area contributed by atoms with E-state index in [0.29, 0.717) is 29.4 Å². The number of aromatic nitrogens is 3. The van der Waals surface area contributed by atoms with Gasteiger partial charge in [0.25, 0.3) is 5.91 Å². The number of hydrogen-bond donors (Lipinski definition) is 1. The number of amides is 1. The highest BCUT2D eigenvalue weighted by atomic mass is 19.3. The lowest BCUT2D eigenvalue weighted by atomic mass is 9.93. The largest absolute Gasteiger partial charge is 0.487 e. The molecule has 1 fully saturated rings. The van der Waals surface area contributed by atoms with Gasteiger partial charge >= 0.3 is 6.61 Å². The summed E-state index contributed by atoms with van der Waals surface area (Å²) in [6.07, 6.45) is 3.57. The third kappa shape index (κ3) is 3.31. The van der Waals surface area contributed by atoms with Gasteiger partial charge in [0.2, 0.25) is 0 Å². The first-order valence-electron chi connectivity index (χ1n) is 10.8. The van der Waals surface area contributed by atoms with Crippen LogP contribution in [-0.4, -0.2) is 44.4 Å². The van der Waals surface area contributed by atoms with Crippen LogP contribution in [-0.2, 0) is 0 Å². The Labute approximate surface area is 194 Å². The molecule has 0 radical (unpaired) electrons. The molecule has 2 atom stereocenters. The molecule has 180 valence electrons. The van der Waals surface area contributed by atoms with Crippen molar-refractivity contribution in [2.24, 2.45) is 0 Å². The monoisotopic (exact) mass is 487 g/mol. The quantitative estimate of drug-likeness (QED) is 0.438. The van der Waals surface area contributed by atoms with Crippen LogP contribution in [0.3, 0.4) is 0 Å². The highest BCUT2D eigenvalue weighted by Gasteiger charge is 2.44. The van der Waals surface area contributed by atoms with Crippen LogP contribution in [0.2, 0.25) is 0 Å². The zero-order valence-corrected chi connectivity index (χ0v) is 17.9. The topological polar surface area (TPSA) is 95.0 Å². The summed E-state index contributed by atoms with van der Waals surface area (Å²) in [4.78, 5) is 23.3. The summed E-state index contributed by atoms with van der Waals surface area (Å²) in [5.41, 5.74) is 7.23. The van der Waals surface area contributed by atoms with Gasteiger partial charge in [0, 0.05) is 24.2 Å². The minimum Gasteiger partial charge on any atom is -0.487 e. The summed E-state index contributed by atoms with van der Waals surface area (Å²) < 4.78 is 66.5. The van der Waals surface area contributed by atoms with E-state index in [-0.39, 0.29) is 29.2 Å². The Balaban J connectivity index is 1.42. The van der Waals surface area contributed by atoms with Gasteiger partial charge in [0.1, 0.15) is 29.0 Å². The smallest absolute Gasteiger partial charge is 0.387 e. The minimum absolute atomic E-state index is 0.149. The number of rotatable bonds is 3. The van der Waals surface area contributed by atoms with Gasteiger partial charge in [-0.3, -0.25) is 9.20 Å². The average Bonchev–Trinajstić information content (AvgIpc) is 3.44. The number of halogens is 4. The standard InChI is InChI=1S/C23H17F4N5O3/c24-12-6-14-15(32-9-29-8-16(32)21(28)30-14)5-10(12)22(33)31-3-1-2-17-20(31)11-4-13(25)19(35-23(26)27)7-18(11)34-17/h4-9,17,20,23H,1-3H2,(H2,28,30)/t17-,20?/m0/s1. The Bertz CT molecular complexity index is 1510. The molecule has 6 rings (SSSR count). The van der Waals surface area contributed by atoms with Crippen LogP contribution in [0.15, 0.2) is 36.8 Å². The number of carbonyl (C=O) groups excluding carboxylic acids is 1. The third-order valence-electron chi connectivity index (χ3n) is 6.41. The first kappa shape index (κ1) is 21.4. The molecule has 1 amide bonds. The number of likely N-dealkylation sites (tertiary alicyclic amines) is 1. The van der Waals surface area contributed by atoms with E-state index in [1.807, 2.05) is 0 Å². The molecule has 2 aliphatic heterocycles. The number of anilines is 1. The van der Waals surface area contributed by atoms with E-state index in [1.165, 1.54) is 23.5 Å². The first-order chi connectivity index (χ1) is 16.8. The molecule has 0 bridgehead atoms. The molecule has 8 nitrogen and oxygen atoms in total. The second-order valence-corrected chi connectivity index (χ2v) is 8.41. The number of piperidine rings is 1. The van der Waals surface area contributed by atoms with Crippen molar-refractivity contribution in [1.29, 1.82) is 0 Å². The Kier molecular flexibility index (Phi) is 4.73. The summed E-state index contributed by atoms with van der Waals surface area (Å²) in [5, 5.41) is 0. The summed E-state index contributed by atoms with van der Waals surface area (Å²) >= 11 is 0. The molecule has 0 aliphatic carbocycles. The van der Waals surface area contributed by atoms with E-state index >= 15 is 4.39 Å². The van der Waals surface area contributed by atoms with Crippen molar-refractivity contribution in [1.82, 2.24) is 19.3 Å². The van der Waals surface area contributed by atoms with Crippen LogP contribution in [0.4, 0.5) is 23.4 Å². The van der Waals surface area contributed by atoms with Crippen LogP contribution in [0, 0.1) is 11.6 Å². The summed E-state index contributed by atoms with van der Waals surface area (Å²) in [6.45, 7) is -2.93. The van der Waals surface area contributed by atoms with Crippen molar-refractivity contribution < 1.29 is 31.8 Å². The average molecular weight is 487 g/mol. The zero-order valence-electron chi connectivity index (χ0n) is 17.9. The fourth-order valence-corrected chi connectivity index (χ4v) is 4.93. The number of imidazole rings is 1. The molecule has 12 heteroatoms. The lowest BCUT2D eigenvalue weighted by molar-refractivity contribution is -0.0523. The first-order valence-corrected chi connectivity index (χ1v) is 10.8. The summed E-state index contributed by atoms with van der Waals surface area (Å²) in [5.74, 6) is -2.74. The number of carbonyl (C=O) groups is 1. The number of nitrogens with zero attached hydrogens (tertiary/aromatic N) is 4. The lowest BCUT2D eigenvalue weighted by Gasteiger charge is -2.36. The van der Waals surface area contributed by atoms with Crippen molar-refractivity contribution in [3.05, 3.63) is 59.6 Å². The Morgan fingerprint density at radius 2 is 2.00 bits per heavy atom. The number of ether oxygens (including phenoxy) is 2. The Hall–Kier alpha value is -4.09. The van der Waals surface area contributed by atoms with Gasteiger partial charge in [-0.1, -0.05) is 0 Å². The van der Waals surface area contributed by atoms with Gasteiger partial charge in [0.05, 0.1) is 35.2 Å². The molecule has 2 aromatic carbocycles. The Morgan fingerprint density at radius 3 is 2.80 bits per heavy atom. The number of fused-ring (bicyclic) bond motifs is 6. The highest BCUT2D eigenvalue weighted by molar-refractivity contribution is 5.99. The summed E-state index contributed by atoms with van der Waals surface area (Å²) in [6, 6.07) is 3.89. The molecule has 4 aromatic rings. The van der Waals surface area contributed by atoms with E-state index in [1.54, 1.807) is 4.40 Å². The van der Waals surface area contributed by atoms with Crippen molar-refractivity contribution in [2.45, 2.75) is 31.6 Å². The Morgan fingerprint density at radius 1 is 1.17 bits per heavy atom. The number of benzene rings is 2. The summed E-state index contributed by atoms with van der Waals surface area (Å²) in [7, 11) is 0. The maximum atomic E-state index is 15.1. The van der Waals surface area contributed by atoms with Gasteiger partial charge in [-0.2, -0.15) is 8.78 Å². The number of hydrogen-bond acceptors (Lipinski definition) is 6.